The maximum atomic E-state index is 12.9. The van der Waals surface area contributed by atoms with Gasteiger partial charge in [0.1, 0.15) is 0 Å². The van der Waals surface area contributed by atoms with Crippen LogP contribution in [-0.2, 0) is 16.6 Å². The minimum absolute atomic E-state index is 0.167. The Labute approximate surface area is 154 Å². The van der Waals surface area contributed by atoms with Gasteiger partial charge in [-0.1, -0.05) is 19.1 Å². The third kappa shape index (κ3) is 4.28. The highest BCUT2D eigenvalue weighted by molar-refractivity contribution is 7.89. The fourth-order valence-corrected chi connectivity index (χ4v) is 4.74. The van der Waals surface area contributed by atoms with Gasteiger partial charge in [-0.15, -0.1) is 0 Å². The predicted molar refractivity (Wildman–Crippen MR) is 99.0 cm³/mol. The van der Waals surface area contributed by atoms with Gasteiger partial charge >= 0.3 is 0 Å². The summed E-state index contributed by atoms with van der Waals surface area (Å²) in [6, 6.07) is 9.90. The van der Waals surface area contributed by atoms with Crippen LogP contribution >= 0.6 is 0 Å². The van der Waals surface area contributed by atoms with Crippen LogP contribution in [0.4, 0.5) is 0 Å². The van der Waals surface area contributed by atoms with Crippen LogP contribution in [0.2, 0.25) is 0 Å². The van der Waals surface area contributed by atoms with Crippen LogP contribution in [0.15, 0.2) is 53.7 Å². The zero-order valence-corrected chi connectivity index (χ0v) is 15.6. The summed E-state index contributed by atoms with van der Waals surface area (Å²) in [5, 5.41) is 2.79. The second-order valence-electron chi connectivity index (χ2n) is 6.68. The van der Waals surface area contributed by atoms with E-state index < -0.39 is 10.0 Å². The summed E-state index contributed by atoms with van der Waals surface area (Å²) in [5.41, 5.74) is 1.21. The molecule has 0 aliphatic carbocycles. The fraction of sp³-hybridized carbons (Fsp3) is 0.368. The van der Waals surface area contributed by atoms with E-state index in [9.17, 15) is 13.2 Å². The SMILES string of the molecule is CC1CCCN(S(=O)(=O)c2cccc(C(=O)NCc3cccnc3)c2)C1. The van der Waals surface area contributed by atoms with Gasteiger partial charge in [-0.3, -0.25) is 9.78 Å². The molecule has 1 unspecified atom stereocenters. The van der Waals surface area contributed by atoms with Crippen molar-refractivity contribution in [1.82, 2.24) is 14.6 Å². The molecule has 1 aromatic heterocycles. The van der Waals surface area contributed by atoms with Gasteiger partial charge in [0.2, 0.25) is 10.0 Å². The minimum atomic E-state index is -3.57. The van der Waals surface area contributed by atoms with Gasteiger partial charge < -0.3 is 5.32 Å². The Kier molecular flexibility index (Phi) is 5.68. The summed E-state index contributed by atoms with van der Waals surface area (Å²) >= 11 is 0. The quantitative estimate of drug-likeness (QED) is 0.873. The first-order chi connectivity index (χ1) is 12.5. The second-order valence-corrected chi connectivity index (χ2v) is 8.62. The van der Waals surface area contributed by atoms with Gasteiger partial charge in [0.15, 0.2) is 0 Å². The van der Waals surface area contributed by atoms with Gasteiger partial charge in [0, 0.05) is 37.6 Å². The number of benzene rings is 1. The predicted octanol–water partition coefficient (Wildman–Crippen LogP) is 2.43. The van der Waals surface area contributed by atoms with Crippen molar-refractivity contribution in [3.8, 4) is 0 Å². The Bertz CT molecular complexity index is 869. The summed E-state index contributed by atoms with van der Waals surface area (Å²) in [4.78, 5) is 16.6. The Balaban J connectivity index is 1.74. The van der Waals surface area contributed by atoms with Crippen molar-refractivity contribution in [1.29, 1.82) is 0 Å². The topological polar surface area (TPSA) is 79.4 Å². The molecule has 6 nitrogen and oxygen atoms in total. The van der Waals surface area contributed by atoms with Crippen LogP contribution in [0, 0.1) is 5.92 Å². The van der Waals surface area contributed by atoms with Crippen LogP contribution in [0.3, 0.4) is 0 Å². The van der Waals surface area contributed by atoms with Gasteiger partial charge in [-0.25, -0.2) is 8.42 Å². The maximum absolute atomic E-state index is 12.9. The zero-order chi connectivity index (χ0) is 18.6. The molecule has 0 radical (unpaired) electrons. The van der Waals surface area contributed by atoms with Crippen molar-refractivity contribution < 1.29 is 13.2 Å². The van der Waals surface area contributed by atoms with E-state index in [0.717, 1.165) is 18.4 Å². The molecule has 1 aromatic carbocycles. The molecule has 0 spiro atoms. The number of carbonyl (C=O) groups is 1. The molecule has 1 fully saturated rings. The average Bonchev–Trinajstić information content (AvgIpc) is 2.67. The van der Waals surface area contributed by atoms with E-state index in [1.165, 1.54) is 10.4 Å². The minimum Gasteiger partial charge on any atom is -0.348 e. The first-order valence-electron chi connectivity index (χ1n) is 8.74. The number of sulfonamides is 1. The Morgan fingerprint density at radius 3 is 2.88 bits per heavy atom. The molecular formula is C19H23N3O3S. The normalized spacial score (nSPS) is 18.4. The van der Waals surface area contributed by atoms with Gasteiger partial charge in [0.25, 0.3) is 5.91 Å². The van der Waals surface area contributed by atoms with Gasteiger partial charge in [-0.05, 0) is 48.6 Å². The molecule has 3 rings (SSSR count). The lowest BCUT2D eigenvalue weighted by molar-refractivity contribution is 0.0950. The summed E-state index contributed by atoms with van der Waals surface area (Å²) in [6.45, 7) is 3.46. The number of pyridine rings is 1. The summed E-state index contributed by atoms with van der Waals surface area (Å²) in [5.74, 6) is 0.0439. The highest BCUT2D eigenvalue weighted by atomic mass is 32.2. The van der Waals surface area contributed by atoms with E-state index in [-0.39, 0.29) is 10.8 Å². The van der Waals surface area contributed by atoms with E-state index in [1.54, 1.807) is 36.7 Å². The number of aromatic nitrogens is 1. The number of nitrogens with one attached hydrogen (secondary N) is 1. The standard InChI is InChI=1S/C19H23N3O3S/c1-15-5-4-10-22(14-15)26(24,25)18-8-2-7-17(11-18)19(23)21-13-16-6-3-9-20-12-16/h2-3,6-9,11-12,15H,4-5,10,13-14H2,1H3,(H,21,23). The van der Waals surface area contributed by atoms with E-state index in [0.29, 0.717) is 31.1 Å². The van der Waals surface area contributed by atoms with E-state index in [4.69, 9.17) is 0 Å². The molecule has 7 heteroatoms. The van der Waals surface area contributed by atoms with Crippen LogP contribution in [0.5, 0.6) is 0 Å². The molecule has 1 atom stereocenters. The lowest BCUT2D eigenvalue weighted by Crippen LogP contribution is -2.39. The molecule has 0 saturated carbocycles. The molecule has 1 aliphatic heterocycles. The second kappa shape index (κ2) is 7.97. The smallest absolute Gasteiger partial charge is 0.251 e. The zero-order valence-electron chi connectivity index (χ0n) is 14.8. The number of carbonyl (C=O) groups excluding carboxylic acids is 1. The van der Waals surface area contributed by atoms with Gasteiger partial charge in [-0.2, -0.15) is 4.31 Å². The molecule has 1 amide bonds. The molecule has 138 valence electrons. The Morgan fingerprint density at radius 2 is 2.15 bits per heavy atom. The van der Waals surface area contributed by atoms with Crippen molar-refractivity contribution in [3.63, 3.8) is 0 Å². The number of nitrogens with zero attached hydrogens (tertiary/aromatic N) is 2. The lowest BCUT2D eigenvalue weighted by Gasteiger charge is -2.30. The molecule has 2 aromatic rings. The van der Waals surface area contributed by atoms with Crippen LogP contribution in [0.1, 0.15) is 35.7 Å². The van der Waals surface area contributed by atoms with Crippen LogP contribution < -0.4 is 5.32 Å². The third-order valence-corrected chi connectivity index (χ3v) is 6.39. The average molecular weight is 373 g/mol. The molecular weight excluding hydrogens is 350 g/mol. The van der Waals surface area contributed by atoms with Crippen LogP contribution in [0.25, 0.3) is 0 Å². The van der Waals surface area contributed by atoms with E-state index >= 15 is 0 Å². The van der Waals surface area contributed by atoms with Crippen LogP contribution in [-0.4, -0.2) is 36.7 Å². The number of piperidine rings is 1. The maximum Gasteiger partial charge on any atom is 0.251 e. The monoisotopic (exact) mass is 373 g/mol. The van der Waals surface area contributed by atoms with Crippen molar-refractivity contribution >= 4 is 15.9 Å². The molecule has 1 aliphatic rings. The number of hydrogen-bond donors (Lipinski definition) is 1. The Hall–Kier alpha value is -2.25. The number of amides is 1. The fourth-order valence-electron chi connectivity index (χ4n) is 3.10. The molecule has 0 bridgehead atoms. The molecule has 26 heavy (non-hydrogen) atoms. The lowest BCUT2D eigenvalue weighted by atomic mass is 10.0. The van der Waals surface area contributed by atoms with Crippen molar-refractivity contribution in [2.45, 2.75) is 31.2 Å². The van der Waals surface area contributed by atoms with Crippen molar-refractivity contribution in [2.24, 2.45) is 5.92 Å². The first kappa shape index (κ1) is 18.5. The highest BCUT2D eigenvalue weighted by Gasteiger charge is 2.29. The van der Waals surface area contributed by atoms with E-state index in [2.05, 4.69) is 17.2 Å². The summed E-state index contributed by atoms with van der Waals surface area (Å²) in [6.07, 6.45) is 5.26. The Morgan fingerprint density at radius 1 is 1.31 bits per heavy atom. The van der Waals surface area contributed by atoms with E-state index in [1.807, 2.05) is 6.07 Å². The molecule has 1 N–H and O–H groups in total. The molecule has 2 heterocycles. The molecule has 1 saturated heterocycles. The van der Waals surface area contributed by atoms with Crippen molar-refractivity contribution in [3.05, 3.63) is 59.9 Å². The highest BCUT2D eigenvalue weighted by Crippen LogP contribution is 2.24. The van der Waals surface area contributed by atoms with Gasteiger partial charge in [0.05, 0.1) is 4.90 Å². The third-order valence-electron chi connectivity index (χ3n) is 4.53. The first-order valence-corrected chi connectivity index (χ1v) is 10.2. The number of hydrogen-bond acceptors (Lipinski definition) is 4. The summed E-state index contributed by atoms with van der Waals surface area (Å²) in [7, 11) is -3.57. The largest absolute Gasteiger partial charge is 0.348 e. The number of rotatable bonds is 5. The van der Waals surface area contributed by atoms with Crippen molar-refractivity contribution in [2.75, 3.05) is 13.1 Å². The summed E-state index contributed by atoms with van der Waals surface area (Å²) < 4.78 is 27.3.